The average Bonchev–Trinajstić information content (AvgIpc) is 2.38. The molecule has 1 aromatic carbocycles. The molecule has 0 bridgehead atoms. The van der Waals surface area contributed by atoms with Gasteiger partial charge in [-0.3, -0.25) is 0 Å². The monoisotopic (exact) mass is 310 g/mol. The second-order valence-corrected chi connectivity index (χ2v) is 9.05. The van der Waals surface area contributed by atoms with Crippen molar-refractivity contribution >= 4 is 0 Å². The van der Waals surface area contributed by atoms with E-state index in [1.165, 1.54) is 27.9 Å². The topological polar surface area (TPSA) is 3.88 Å². The first-order chi connectivity index (χ1) is 10.5. The van der Waals surface area contributed by atoms with E-state index in [4.69, 9.17) is 0 Å². The first-order valence-electron chi connectivity index (χ1n) is 8.57. The fourth-order valence-electron chi connectivity index (χ4n) is 3.00. The number of nitrogens with zero attached hydrogens (tertiary/aromatic N) is 1. The quantitative estimate of drug-likeness (QED) is 0.656. The highest BCUT2D eigenvalue weighted by Gasteiger charge is 2.20. The number of rotatable bonds is 2. The second kappa shape index (κ2) is 6.11. The second-order valence-electron chi connectivity index (χ2n) is 9.05. The van der Waals surface area contributed by atoms with Gasteiger partial charge >= 0.3 is 0 Å². The van der Waals surface area contributed by atoms with Crippen LogP contribution < -0.4 is 4.57 Å². The van der Waals surface area contributed by atoms with Crippen molar-refractivity contribution in [2.24, 2.45) is 12.5 Å². The molecule has 2 rings (SSSR count). The zero-order valence-corrected chi connectivity index (χ0v) is 16.1. The van der Waals surface area contributed by atoms with Gasteiger partial charge in [0.25, 0.3) is 0 Å². The Balaban J connectivity index is 2.48. The molecule has 1 aromatic heterocycles. The maximum atomic E-state index is 2.37. The predicted octanol–water partition coefficient (Wildman–Crippen LogP) is 5.37. The Morgan fingerprint density at radius 2 is 1.57 bits per heavy atom. The van der Waals surface area contributed by atoms with Crippen molar-refractivity contribution in [2.75, 3.05) is 0 Å². The summed E-state index contributed by atoms with van der Waals surface area (Å²) in [5.41, 5.74) is 7.23. The molecule has 1 heteroatoms. The summed E-state index contributed by atoms with van der Waals surface area (Å²) in [5.74, 6) is 0. The van der Waals surface area contributed by atoms with Crippen LogP contribution in [0.5, 0.6) is 0 Å². The van der Waals surface area contributed by atoms with Crippen molar-refractivity contribution in [1.29, 1.82) is 0 Å². The number of aromatic nitrogens is 1. The Hall–Kier alpha value is -1.63. The molecular weight excluding hydrogens is 278 g/mol. The molecule has 0 atom stereocenters. The Kier molecular flexibility index (Phi) is 4.71. The molecule has 23 heavy (non-hydrogen) atoms. The summed E-state index contributed by atoms with van der Waals surface area (Å²) in [4.78, 5) is 0. The molecule has 124 valence electrons. The first kappa shape index (κ1) is 17.7. The fraction of sp³-hybridized carbons (Fsp3) is 0.500. The number of aryl methyl sites for hydroxylation is 2. The van der Waals surface area contributed by atoms with Crippen LogP contribution in [0.1, 0.15) is 58.2 Å². The van der Waals surface area contributed by atoms with Gasteiger partial charge in [-0.25, -0.2) is 4.57 Å². The summed E-state index contributed by atoms with van der Waals surface area (Å²) in [6, 6.07) is 11.4. The number of hydrogen-bond donors (Lipinski definition) is 0. The summed E-state index contributed by atoms with van der Waals surface area (Å²) >= 11 is 0. The highest BCUT2D eigenvalue weighted by atomic mass is 14.9. The van der Waals surface area contributed by atoms with Gasteiger partial charge in [-0.05, 0) is 47.4 Å². The lowest BCUT2D eigenvalue weighted by Crippen LogP contribution is -2.33. The van der Waals surface area contributed by atoms with E-state index in [1.807, 2.05) is 0 Å². The molecule has 0 N–H and O–H groups in total. The SMILES string of the molecule is Cc1ccc(CC(C)(C)C)cc1-c1ccc(C(C)(C)C)c[n+]1C. The molecule has 0 aliphatic heterocycles. The van der Waals surface area contributed by atoms with Crippen molar-refractivity contribution in [1.82, 2.24) is 0 Å². The van der Waals surface area contributed by atoms with Gasteiger partial charge in [0.2, 0.25) is 5.69 Å². The van der Waals surface area contributed by atoms with Crippen LogP contribution in [-0.2, 0) is 18.9 Å². The lowest BCUT2D eigenvalue weighted by Gasteiger charge is -2.19. The van der Waals surface area contributed by atoms with Gasteiger partial charge in [-0.15, -0.1) is 0 Å². The lowest BCUT2D eigenvalue weighted by molar-refractivity contribution is -0.661. The minimum Gasteiger partial charge on any atom is -0.201 e. The smallest absolute Gasteiger partial charge is 0.201 e. The number of benzene rings is 1. The molecule has 0 unspecified atom stereocenters. The van der Waals surface area contributed by atoms with E-state index in [0.717, 1.165) is 6.42 Å². The maximum Gasteiger partial charge on any atom is 0.212 e. The van der Waals surface area contributed by atoms with Crippen molar-refractivity contribution in [3.05, 3.63) is 53.2 Å². The zero-order valence-electron chi connectivity index (χ0n) is 16.1. The lowest BCUT2D eigenvalue weighted by atomic mass is 9.86. The van der Waals surface area contributed by atoms with Gasteiger partial charge in [0.05, 0.1) is 0 Å². The van der Waals surface area contributed by atoms with E-state index in [9.17, 15) is 0 Å². The van der Waals surface area contributed by atoms with Gasteiger partial charge < -0.3 is 0 Å². The third-order valence-corrected chi connectivity index (χ3v) is 4.31. The first-order valence-corrected chi connectivity index (χ1v) is 8.57. The van der Waals surface area contributed by atoms with E-state index in [1.54, 1.807) is 0 Å². The number of hydrogen-bond acceptors (Lipinski definition) is 0. The molecular formula is C22H32N+. The molecule has 0 amide bonds. The van der Waals surface area contributed by atoms with E-state index in [2.05, 4.69) is 96.6 Å². The summed E-state index contributed by atoms with van der Waals surface area (Å²) in [7, 11) is 2.15. The Labute approximate surface area is 142 Å². The van der Waals surface area contributed by atoms with Gasteiger partial charge in [0.1, 0.15) is 7.05 Å². The minimum absolute atomic E-state index is 0.180. The number of pyridine rings is 1. The molecule has 0 fully saturated rings. The fourth-order valence-corrected chi connectivity index (χ4v) is 3.00. The van der Waals surface area contributed by atoms with Crippen molar-refractivity contribution in [3.8, 4) is 11.3 Å². The summed E-state index contributed by atoms with van der Waals surface area (Å²) in [6.45, 7) is 15.9. The Morgan fingerprint density at radius 1 is 0.913 bits per heavy atom. The van der Waals surface area contributed by atoms with Crippen LogP contribution in [0, 0.1) is 12.3 Å². The normalized spacial score (nSPS) is 12.5. The van der Waals surface area contributed by atoms with Crippen molar-refractivity contribution < 1.29 is 4.57 Å². The van der Waals surface area contributed by atoms with Crippen LogP contribution >= 0.6 is 0 Å². The van der Waals surface area contributed by atoms with Gasteiger partial charge in [-0.1, -0.05) is 53.7 Å². The summed E-state index contributed by atoms with van der Waals surface area (Å²) in [6.07, 6.45) is 3.37. The van der Waals surface area contributed by atoms with E-state index >= 15 is 0 Å². The Morgan fingerprint density at radius 3 is 2.09 bits per heavy atom. The zero-order chi connectivity index (χ0) is 17.4. The third kappa shape index (κ3) is 4.43. The van der Waals surface area contributed by atoms with Crippen molar-refractivity contribution in [2.45, 2.75) is 60.3 Å². The minimum atomic E-state index is 0.180. The molecule has 0 aliphatic rings. The molecule has 0 radical (unpaired) electrons. The Bertz CT molecular complexity index is 697. The van der Waals surface area contributed by atoms with E-state index in [-0.39, 0.29) is 5.41 Å². The van der Waals surface area contributed by atoms with Crippen molar-refractivity contribution in [3.63, 3.8) is 0 Å². The van der Waals surface area contributed by atoms with E-state index in [0.29, 0.717) is 5.41 Å². The molecule has 1 heterocycles. The van der Waals surface area contributed by atoms with Gasteiger partial charge in [0, 0.05) is 17.2 Å². The average molecular weight is 311 g/mol. The summed E-state index contributed by atoms with van der Waals surface area (Å²) in [5, 5.41) is 0. The largest absolute Gasteiger partial charge is 0.212 e. The third-order valence-electron chi connectivity index (χ3n) is 4.31. The predicted molar refractivity (Wildman–Crippen MR) is 99.7 cm³/mol. The molecule has 0 aliphatic carbocycles. The molecule has 0 saturated heterocycles. The molecule has 2 aromatic rings. The van der Waals surface area contributed by atoms with Crippen LogP contribution in [0.15, 0.2) is 36.5 Å². The van der Waals surface area contributed by atoms with Crippen LogP contribution in [-0.4, -0.2) is 0 Å². The van der Waals surface area contributed by atoms with E-state index < -0.39 is 0 Å². The summed E-state index contributed by atoms with van der Waals surface area (Å²) < 4.78 is 2.27. The van der Waals surface area contributed by atoms with Gasteiger partial charge in [-0.2, -0.15) is 0 Å². The van der Waals surface area contributed by atoms with Crippen LogP contribution in [0.25, 0.3) is 11.3 Å². The van der Waals surface area contributed by atoms with Crippen LogP contribution in [0.2, 0.25) is 0 Å². The maximum absolute atomic E-state index is 2.37. The van der Waals surface area contributed by atoms with Gasteiger partial charge in [0.15, 0.2) is 6.20 Å². The molecule has 1 nitrogen and oxygen atoms in total. The standard InChI is InChI=1S/C22H32N/c1-16-9-10-17(14-21(2,3)4)13-19(16)20-12-11-18(15-23(20)8)22(5,6)7/h9-13,15H,14H2,1-8H3/q+1. The highest BCUT2D eigenvalue weighted by molar-refractivity contribution is 5.62. The van der Waals surface area contributed by atoms with Crippen LogP contribution in [0.4, 0.5) is 0 Å². The molecule has 0 spiro atoms. The highest BCUT2D eigenvalue weighted by Crippen LogP contribution is 2.28. The molecule has 0 saturated carbocycles. The van der Waals surface area contributed by atoms with Crippen LogP contribution in [0.3, 0.4) is 0 Å².